The van der Waals surface area contributed by atoms with Gasteiger partial charge in [0, 0.05) is 18.3 Å². The molecule has 1 saturated heterocycles. The Bertz CT molecular complexity index is 980. The van der Waals surface area contributed by atoms with Crippen molar-refractivity contribution in [2.75, 3.05) is 6.54 Å². The van der Waals surface area contributed by atoms with Crippen molar-refractivity contribution in [2.45, 2.75) is 38.3 Å². The van der Waals surface area contributed by atoms with Crippen LogP contribution in [0.2, 0.25) is 0 Å². The molecule has 1 N–H and O–H groups in total. The molecule has 4 rings (SSSR count). The lowest BCUT2D eigenvalue weighted by molar-refractivity contribution is 0.0691. The Labute approximate surface area is 159 Å². The first-order valence-corrected chi connectivity index (χ1v) is 9.46. The first-order chi connectivity index (χ1) is 13.1. The minimum absolute atomic E-state index is 0.00256. The highest BCUT2D eigenvalue weighted by molar-refractivity contribution is 5.88. The summed E-state index contributed by atoms with van der Waals surface area (Å²) in [6.45, 7) is 3.84. The number of hydrogen-bond acceptors (Lipinski definition) is 3. The molecule has 2 heterocycles. The lowest BCUT2D eigenvalue weighted by Gasteiger charge is -2.36. The van der Waals surface area contributed by atoms with E-state index in [9.17, 15) is 9.90 Å². The zero-order chi connectivity index (χ0) is 18.9. The summed E-state index contributed by atoms with van der Waals surface area (Å²) in [7, 11) is 0. The first-order valence-electron chi connectivity index (χ1n) is 9.46. The molecule has 4 heteroatoms. The van der Waals surface area contributed by atoms with Gasteiger partial charge in [0.05, 0.1) is 11.3 Å². The van der Waals surface area contributed by atoms with E-state index < -0.39 is 5.97 Å². The lowest BCUT2D eigenvalue weighted by Crippen LogP contribution is -2.42. The number of carboxylic acid groups (broad SMARTS) is 1. The standard InChI is InChI=1S/C23H24N2O2/c1-23(15-18-9-4-8-17-7-2-3-10-19(17)18)12-6-14-25(23)16-21-20(22(26)27)11-5-13-24-21/h2-5,7-11,13H,6,12,14-16H2,1H3,(H,26,27). The summed E-state index contributed by atoms with van der Waals surface area (Å²) in [5.41, 5.74) is 2.30. The molecular weight excluding hydrogens is 336 g/mol. The number of rotatable bonds is 5. The van der Waals surface area contributed by atoms with E-state index in [0.29, 0.717) is 17.8 Å². The van der Waals surface area contributed by atoms with Crippen LogP contribution in [0.1, 0.15) is 41.4 Å². The second-order valence-corrected chi connectivity index (χ2v) is 7.64. The Kier molecular flexibility index (Phi) is 4.66. The Balaban J connectivity index is 1.63. The van der Waals surface area contributed by atoms with E-state index in [0.717, 1.165) is 25.8 Å². The molecule has 1 unspecified atom stereocenters. The maximum atomic E-state index is 11.5. The fraction of sp³-hybridized carbons (Fsp3) is 0.304. The van der Waals surface area contributed by atoms with Gasteiger partial charge in [-0.05, 0) is 61.2 Å². The summed E-state index contributed by atoms with van der Waals surface area (Å²) >= 11 is 0. The third kappa shape index (κ3) is 3.45. The molecule has 0 aliphatic carbocycles. The fourth-order valence-corrected chi connectivity index (χ4v) is 4.35. The maximum Gasteiger partial charge on any atom is 0.337 e. The zero-order valence-corrected chi connectivity index (χ0v) is 15.6. The predicted molar refractivity (Wildman–Crippen MR) is 107 cm³/mol. The smallest absolute Gasteiger partial charge is 0.337 e. The number of carbonyl (C=O) groups is 1. The quantitative estimate of drug-likeness (QED) is 0.726. The molecule has 3 aromatic rings. The molecule has 1 aromatic heterocycles. The van der Waals surface area contributed by atoms with Crippen molar-refractivity contribution in [3.8, 4) is 0 Å². The van der Waals surface area contributed by atoms with Crippen LogP contribution < -0.4 is 0 Å². The molecule has 0 spiro atoms. The number of benzene rings is 2. The zero-order valence-electron chi connectivity index (χ0n) is 15.6. The highest BCUT2D eigenvalue weighted by Crippen LogP contribution is 2.35. The van der Waals surface area contributed by atoms with E-state index in [1.165, 1.54) is 16.3 Å². The third-order valence-corrected chi connectivity index (χ3v) is 5.82. The Hall–Kier alpha value is -2.72. The van der Waals surface area contributed by atoms with Gasteiger partial charge in [0.25, 0.3) is 0 Å². The summed E-state index contributed by atoms with van der Waals surface area (Å²) in [5.74, 6) is -0.909. The summed E-state index contributed by atoms with van der Waals surface area (Å²) in [6, 6.07) is 18.3. The van der Waals surface area contributed by atoms with Crippen molar-refractivity contribution in [2.24, 2.45) is 0 Å². The van der Waals surface area contributed by atoms with Crippen molar-refractivity contribution in [3.63, 3.8) is 0 Å². The molecule has 1 fully saturated rings. The number of pyridine rings is 1. The van der Waals surface area contributed by atoms with Gasteiger partial charge in [-0.15, -0.1) is 0 Å². The lowest BCUT2D eigenvalue weighted by atomic mass is 9.87. The van der Waals surface area contributed by atoms with Gasteiger partial charge in [0.15, 0.2) is 0 Å². The van der Waals surface area contributed by atoms with E-state index in [1.54, 1.807) is 18.3 Å². The molecule has 4 nitrogen and oxygen atoms in total. The molecule has 27 heavy (non-hydrogen) atoms. The molecular formula is C23H24N2O2. The summed E-state index contributed by atoms with van der Waals surface area (Å²) in [4.78, 5) is 18.3. The van der Waals surface area contributed by atoms with Crippen LogP contribution >= 0.6 is 0 Å². The SMILES string of the molecule is CC1(Cc2cccc3ccccc23)CCCN1Cc1ncccc1C(=O)O. The Morgan fingerprint density at radius 1 is 1.15 bits per heavy atom. The van der Waals surface area contributed by atoms with Crippen LogP contribution in [0.3, 0.4) is 0 Å². The van der Waals surface area contributed by atoms with Crippen molar-refractivity contribution in [1.29, 1.82) is 0 Å². The van der Waals surface area contributed by atoms with E-state index in [1.807, 2.05) is 0 Å². The van der Waals surface area contributed by atoms with Crippen LogP contribution in [0.5, 0.6) is 0 Å². The number of hydrogen-bond donors (Lipinski definition) is 1. The fourth-order valence-electron chi connectivity index (χ4n) is 4.35. The van der Waals surface area contributed by atoms with Crippen LogP contribution in [-0.2, 0) is 13.0 Å². The first kappa shape index (κ1) is 17.7. The molecule has 0 radical (unpaired) electrons. The van der Waals surface area contributed by atoms with Crippen LogP contribution in [0.15, 0.2) is 60.8 Å². The van der Waals surface area contributed by atoms with Gasteiger partial charge >= 0.3 is 5.97 Å². The van der Waals surface area contributed by atoms with E-state index >= 15 is 0 Å². The topological polar surface area (TPSA) is 53.4 Å². The average molecular weight is 360 g/mol. The molecule has 0 amide bonds. The number of aromatic carboxylic acids is 1. The molecule has 1 aliphatic heterocycles. The van der Waals surface area contributed by atoms with Gasteiger partial charge < -0.3 is 5.11 Å². The highest BCUT2D eigenvalue weighted by atomic mass is 16.4. The number of fused-ring (bicyclic) bond motifs is 1. The molecule has 0 bridgehead atoms. The third-order valence-electron chi connectivity index (χ3n) is 5.82. The van der Waals surface area contributed by atoms with Crippen molar-refractivity contribution < 1.29 is 9.90 Å². The summed E-state index contributed by atoms with van der Waals surface area (Å²) < 4.78 is 0. The monoisotopic (exact) mass is 360 g/mol. The molecule has 0 saturated carbocycles. The second kappa shape index (κ2) is 7.12. The van der Waals surface area contributed by atoms with Gasteiger partial charge in [-0.25, -0.2) is 4.79 Å². The van der Waals surface area contributed by atoms with Gasteiger partial charge in [0.2, 0.25) is 0 Å². The van der Waals surface area contributed by atoms with Gasteiger partial charge in [-0.1, -0.05) is 42.5 Å². The summed E-state index contributed by atoms with van der Waals surface area (Å²) in [6.07, 6.45) is 4.85. The number of nitrogens with zero attached hydrogens (tertiary/aromatic N) is 2. The van der Waals surface area contributed by atoms with Crippen LogP contribution in [0, 0.1) is 0 Å². The maximum absolute atomic E-state index is 11.5. The highest BCUT2D eigenvalue weighted by Gasteiger charge is 2.37. The predicted octanol–water partition coefficient (Wildman–Crippen LogP) is 4.53. The normalized spacial score (nSPS) is 20.2. The number of aromatic nitrogens is 1. The van der Waals surface area contributed by atoms with Gasteiger partial charge in [-0.2, -0.15) is 0 Å². The second-order valence-electron chi connectivity index (χ2n) is 7.64. The van der Waals surface area contributed by atoms with Crippen molar-refractivity contribution in [3.05, 3.63) is 77.6 Å². The van der Waals surface area contributed by atoms with Crippen molar-refractivity contribution >= 4 is 16.7 Å². The minimum Gasteiger partial charge on any atom is -0.478 e. The largest absolute Gasteiger partial charge is 0.478 e. The Morgan fingerprint density at radius 2 is 1.96 bits per heavy atom. The van der Waals surface area contributed by atoms with Crippen LogP contribution in [-0.4, -0.2) is 33.0 Å². The summed E-state index contributed by atoms with van der Waals surface area (Å²) in [5, 5.41) is 12.0. The van der Waals surface area contributed by atoms with E-state index in [4.69, 9.17) is 0 Å². The molecule has 2 aromatic carbocycles. The van der Waals surface area contributed by atoms with Crippen LogP contribution in [0.4, 0.5) is 0 Å². The average Bonchev–Trinajstić information content (AvgIpc) is 3.02. The van der Waals surface area contributed by atoms with Crippen molar-refractivity contribution in [1.82, 2.24) is 9.88 Å². The van der Waals surface area contributed by atoms with E-state index in [2.05, 4.69) is 59.3 Å². The molecule has 1 aliphatic rings. The van der Waals surface area contributed by atoms with Gasteiger partial charge in [0.1, 0.15) is 0 Å². The number of likely N-dealkylation sites (tertiary alicyclic amines) is 1. The number of carboxylic acids is 1. The minimum atomic E-state index is -0.909. The Morgan fingerprint density at radius 3 is 2.81 bits per heavy atom. The van der Waals surface area contributed by atoms with Crippen LogP contribution in [0.25, 0.3) is 10.8 Å². The molecule has 138 valence electrons. The van der Waals surface area contributed by atoms with Gasteiger partial charge in [-0.3, -0.25) is 9.88 Å². The molecule has 1 atom stereocenters. The van der Waals surface area contributed by atoms with E-state index in [-0.39, 0.29) is 5.54 Å².